The highest BCUT2D eigenvalue weighted by Crippen LogP contribution is 2.25. The lowest BCUT2D eigenvalue weighted by atomic mass is 10.2. The van der Waals surface area contributed by atoms with Crippen molar-refractivity contribution in [3.05, 3.63) is 52.1 Å². The summed E-state index contributed by atoms with van der Waals surface area (Å²) < 4.78 is 1.75. The first kappa shape index (κ1) is 11.5. The zero-order chi connectivity index (χ0) is 12.7. The predicted molar refractivity (Wildman–Crippen MR) is 73.2 cm³/mol. The maximum absolute atomic E-state index is 5.98. The van der Waals surface area contributed by atoms with E-state index >= 15 is 0 Å². The Hall–Kier alpha value is -1.58. The number of aromatic nitrogens is 3. The highest BCUT2D eigenvalue weighted by molar-refractivity contribution is 6.35. The summed E-state index contributed by atoms with van der Waals surface area (Å²) in [6.07, 6.45) is 1.87. The van der Waals surface area contributed by atoms with Crippen LogP contribution in [0.25, 0.3) is 17.0 Å². The Morgan fingerprint density at radius 3 is 2.50 bits per heavy atom. The molecule has 0 saturated carbocycles. The van der Waals surface area contributed by atoms with Crippen molar-refractivity contribution in [2.75, 3.05) is 0 Å². The van der Waals surface area contributed by atoms with Gasteiger partial charge in [-0.05, 0) is 36.8 Å². The van der Waals surface area contributed by atoms with Gasteiger partial charge < -0.3 is 0 Å². The van der Waals surface area contributed by atoms with Crippen molar-refractivity contribution < 1.29 is 0 Å². The number of hydrogen-bond acceptors (Lipinski definition) is 2. The van der Waals surface area contributed by atoms with Gasteiger partial charge in [-0.1, -0.05) is 29.3 Å². The second-order valence-electron chi connectivity index (χ2n) is 4.05. The smallest absolute Gasteiger partial charge is 0.182 e. The molecular formula is C13H9Cl2N3. The minimum absolute atomic E-state index is 0.577. The van der Waals surface area contributed by atoms with Crippen molar-refractivity contribution in [1.29, 1.82) is 0 Å². The highest BCUT2D eigenvalue weighted by Gasteiger charge is 2.09. The van der Waals surface area contributed by atoms with Crippen molar-refractivity contribution in [3.8, 4) is 11.4 Å². The zero-order valence-electron chi connectivity index (χ0n) is 9.56. The minimum atomic E-state index is 0.577. The number of pyridine rings is 1. The molecule has 0 atom stereocenters. The number of hydrogen-bond donors (Lipinski definition) is 0. The number of nitrogens with zero attached hydrogens (tertiary/aromatic N) is 3. The Bertz CT molecular complexity index is 714. The number of halogens is 2. The van der Waals surface area contributed by atoms with E-state index in [4.69, 9.17) is 23.2 Å². The summed E-state index contributed by atoms with van der Waals surface area (Å²) in [5, 5.41) is 5.57. The van der Waals surface area contributed by atoms with E-state index in [1.807, 2.05) is 25.3 Å². The lowest BCUT2D eigenvalue weighted by molar-refractivity contribution is 0.960. The molecule has 0 aliphatic carbocycles. The van der Waals surface area contributed by atoms with Gasteiger partial charge in [0.25, 0.3) is 0 Å². The minimum Gasteiger partial charge on any atom is -0.220 e. The van der Waals surface area contributed by atoms with Gasteiger partial charge in [0.15, 0.2) is 11.5 Å². The normalized spacial score (nSPS) is 11.1. The van der Waals surface area contributed by atoms with E-state index in [9.17, 15) is 0 Å². The third kappa shape index (κ3) is 1.96. The maximum Gasteiger partial charge on any atom is 0.182 e. The lowest BCUT2D eigenvalue weighted by Crippen LogP contribution is -1.87. The van der Waals surface area contributed by atoms with E-state index in [1.165, 1.54) is 0 Å². The first-order chi connectivity index (χ1) is 8.63. The topological polar surface area (TPSA) is 30.2 Å². The van der Waals surface area contributed by atoms with Crippen LogP contribution in [-0.2, 0) is 0 Å². The predicted octanol–water partition coefficient (Wildman–Crippen LogP) is 4.01. The van der Waals surface area contributed by atoms with E-state index in [0.717, 1.165) is 16.8 Å². The Balaban J connectivity index is 2.22. The summed E-state index contributed by atoms with van der Waals surface area (Å²) in [5.41, 5.74) is 2.73. The van der Waals surface area contributed by atoms with E-state index in [0.29, 0.717) is 15.9 Å². The lowest BCUT2D eigenvalue weighted by Gasteiger charge is -1.97. The molecule has 18 heavy (non-hydrogen) atoms. The van der Waals surface area contributed by atoms with Crippen LogP contribution in [0.3, 0.4) is 0 Å². The van der Waals surface area contributed by atoms with Gasteiger partial charge in [0, 0.05) is 21.8 Å². The van der Waals surface area contributed by atoms with E-state index in [-0.39, 0.29) is 0 Å². The SMILES string of the molecule is Cc1cccn2nc(-c3cc(Cl)cc(Cl)c3)nc12. The molecule has 2 aromatic heterocycles. The third-order valence-electron chi connectivity index (χ3n) is 2.68. The average Bonchev–Trinajstić information content (AvgIpc) is 2.73. The molecule has 0 amide bonds. The Labute approximate surface area is 114 Å². The number of benzene rings is 1. The van der Waals surface area contributed by atoms with Crippen molar-refractivity contribution in [2.45, 2.75) is 6.92 Å². The molecular weight excluding hydrogens is 269 g/mol. The first-order valence-electron chi connectivity index (χ1n) is 5.42. The molecule has 0 saturated heterocycles. The average molecular weight is 278 g/mol. The molecule has 0 aliphatic rings. The Kier molecular flexibility index (Phi) is 2.73. The van der Waals surface area contributed by atoms with Crippen LogP contribution in [0, 0.1) is 6.92 Å². The molecule has 2 heterocycles. The molecule has 0 N–H and O–H groups in total. The van der Waals surface area contributed by atoms with Gasteiger partial charge in [-0.3, -0.25) is 0 Å². The molecule has 0 aliphatic heterocycles. The van der Waals surface area contributed by atoms with Gasteiger partial charge in [-0.2, -0.15) is 0 Å². The fraction of sp³-hybridized carbons (Fsp3) is 0.0769. The summed E-state index contributed by atoms with van der Waals surface area (Å²) in [5.74, 6) is 0.619. The van der Waals surface area contributed by atoms with Crippen LogP contribution in [-0.4, -0.2) is 14.6 Å². The summed E-state index contributed by atoms with van der Waals surface area (Å²) in [6, 6.07) is 9.23. The van der Waals surface area contributed by atoms with Crippen LogP contribution < -0.4 is 0 Å². The molecule has 0 bridgehead atoms. The molecule has 90 valence electrons. The molecule has 1 aromatic carbocycles. The van der Waals surface area contributed by atoms with Crippen molar-refractivity contribution in [2.24, 2.45) is 0 Å². The van der Waals surface area contributed by atoms with Gasteiger partial charge in [0.2, 0.25) is 0 Å². The Morgan fingerprint density at radius 2 is 1.83 bits per heavy atom. The van der Waals surface area contributed by atoms with Crippen LogP contribution in [0.4, 0.5) is 0 Å². The third-order valence-corrected chi connectivity index (χ3v) is 3.11. The molecule has 0 fully saturated rings. The monoisotopic (exact) mass is 277 g/mol. The van der Waals surface area contributed by atoms with E-state index < -0.39 is 0 Å². The van der Waals surface area contributed by atoms with Crippen LogP contribution in [0.1, 0.15) is 5.56 Å². The molecule has 3 rings (SSSR count). The molecule has 3 aromatic rings. The second-order valence-corrected chi connectivity index (χ2v) is 4.93. The molecule has 0 radical (unpaired) electrons. The maximum atomic E-state index is 5.98. The van der Waals surface area contributed by atoms with Crippen molar-refractivity contribution in [3.63, 3.8) is 0 Å². The molecule has 3 nitrogen and oxygen atoms in total. The largest absolute Gasteiger partial charge is 0.220 e. The van der Waals surface area contributed by atoms with Crippen LogP contribution in [0.2, 0.25) is 10.0 Å². The zero-order valence-corrected chi connectivity index (χ0v) is 11.1. The quantitative estimate of drug-likeness (QED) is 0.673. The van der Waals surface area contributed by atoms with Gasteiger partial charge >= 0.3 is 0 Å². The standard InChI is InChI=1S/C13H9Cl2N3/c1-8-3-2-4-18-13(8)16-12(17-18)9-5-10(14)7-11(15)6-9/h2-7H,1H3. The van der Waals surface area contributed by atoms with Crippen molar-refractivity contribution in [1.82, 2.24) is 14.6 Å². The highest BCUT2D eigenvalue weighted by atomic mass is 35.5. The van der Waals surface area contributed by atoms with Gasteiger partial charge in [0.1, 0.15) is 0 Å². The van der Waals surface area contributed by atoms with Crippen LogP contribution in [0.15, 0.2) is 36.5 Å². The number of aryl methyl sites for hydroxylation is 1. The fourth-order valence-corrected chi connectivity index (χ4v) is 2.37. The van der Waals surface area contributed by atoms with E-state index in [2.05, 4.69) is 10.1 Å². The van der Waals surface area contributed by atoms with Crippen LogP contribution >= 0.6 is 23.2 Å². The molecule has 5 heteroatoms. The van der Waals surface area contributed by atoms with E-state index in [1.54, 1.807) is 22.7 Å². The van der Waals surface area contributed by atoms with Crippen molar-refractivity contribution >= 4 is 28.8 Å². The number of rotatable bonds is 1. The Morgan fingerprint density at radius 1 is 1.11 bits per heavy atom. The fourth-order valence-electron chi connectivity index (χ4n) is 1.84. The molecule has 0 spiro atoms. The summed E-state index contributed by atoms with van der Waals surface area (Å²) in [6.45, 7) is 2.00. The first-order valence-corrected chi connectivity index (χ1v) is 6.17. The van der Waals surface area contributed by atoms with Gasteiger partial charge in [-0.25, -0.2) is 9.50 Å². The summed E-state index contributed by atoms with van der Waals surface area (Å²) in [4.78, 5) is 4.50. The van der Waals surface area contributed by atoms with Gasteiger partial charge in [0.05, 0.1) is 0 Å². The number of fused-ring (bicyclic) bond motifs is 1. The second kappa shape index (κ2) is 4.26. The summed E-state index contributed by atoms with van der Waals surface area (Å²) in [7, 11) is 0. The van der Waals surface area contributed by atoms with Gasteiger partial charge in [-0.15, -0.1) is 5.10 Å². The molecule has 0 unspecified atom stereocenters. The summed E-state index contributed by atoms with van der Waals surface area (Å²) >= 11 is 12.0. The van der Waals surface area contributed by atoms with Crippen LogP contribution in [0.5, 0.6) is 0 Å².